The maximum absolute atomic E-state index is 12.9. The number of nitrogens with zero attached hydrogens (tertiary/aromatic N) is 3. The van der Waals surface area contributed by atoms with Gasteiger partial charge in [0.15, 0.2) is 0 Å². The number of hydrogen-bond donors (Lipinski definition) is 1. The zero-order valence-electron chi connectivity index (χ0n) is 14.7. The second-order valence-corrected chi connectivity index (χ2v) is 8.76. The van der Waals surface area contributed by atoms with Gasteiger partial charge in [-0.1, -0.05) is 6.07 Å². The van der Waals surface area contributed by atoms with Gasteiger partial charge in [0.1, 0.15) is 6.10 Å². The van der Waals surface area contributed by atoms with Crippen molar-refractivity contribution >= 4 is 15.9 Å². The summed E-state index contributed by atoms with van der Waals surface area (Å²) >= 11 is 0. The molecular formula is C17H25N3O4S. The van der Waals surface area contributed by atoms with Crippen molar-refractivity contribution in [2.45, 2.75) is 30.9 Å². The highest BCUT2D eigenvalue weighted by atomic mass is 32.2. The molecule has 0 saturated carbocycles. The van der Waals surface area contributed by atoms with Crippen molar-refractivity contribution in [2.75, 3.05) is 39.8 Å². The van der Waals surface area contributed by atoms with Crippen LogP contribution in [0.15, 0.2) is 23.1 Å². The SMILES string of the molecule is CC(O)C(=O)N1CCc2cc(S(=O)(=O)N3CCN(C)CC3)ccc2C1. The molecule has 1 fully saturated rings. The Labute approximate surface area is 148 Å². The van der Waals surface area contributed by atoms with E-state index in [0.717, 1.165) is 24.2 Å². The van der Waals surface area contributed by atoms with Crippen LogP contribution in [0.1, 0.15) is 18.1 Å². The van der Waals surface area contributed by atoms with Crippen LogP contribution in [-0.2, 0) is 27.8 Å². The molecule has 2 aliphatic rings. The molecule has 1 unspecified atom stereocenters. The second kappa shape index (κ2) is 7.03. The van der Waals surface area contributed by atoms with Gasteiger partial charge in [-0.2, -0.15) is 4.31 Å². The average molecular weight is 367 g/mol. The summed E-state index contributed by atoms with van der Waals surface area (Å²) in [6.45, 7) is 4.85. The molecule has 0 radical (unpaired) electrons. The molecule has 2 heterocycles. The van der Waals surface area contributed by atoms with Crippen LogP contribution in [0.3, 0.4) is 0 Å². The summed E-state index contributed by atoms with van der Waals surface area (Å²) in [4.78, 5) is 16.0. The first-order valence-corrected chi connectivity index (χ1v) is 10.0. The molecule has 8 heteroatoms. The zero-order valence-corrected chi connectivity index (χ0v) is 15.5. The van der Waals surface area contributed by atoms with Gasteiger partial charge in [0.25, 0.3) is 5.91 Å². The summed E-state index contributed by atoms with van der Waals surface area (Å²) in [6.07, 6.45) is -0.418. The highest BCUT2D eigenvalue weighted by Gasteiger charge is 2.29. The Bertz CT molecular complexity index is 755. The number of sulfonamides is 1. The predicted octanol–water partition coefficient (Wildman–Crippen LogP) is -0.112. The number of likely N-dealkylation sites (N-methyl/N-ethyl adjacent to an activating group) is 1. The van der Waals surface area contributed by atoms with E-state index in [0.29, 0.717) is 37.5 Å². The second-order valence-electron chi connectivity index (χ2n) is 6.82. The van der Waals surface area contributed by atoms with Crippen molar-refractivity contribution in [3.63, 3.8) is 0 Å². The lowest BCUT2D eigenvalue weighted by atomic mass is 9.99. The average Bonchev–Trinajstić information content (AvgIpc) is 2.60. The molecule has 25 heavy (non-hydrogen) atoms. The number of carbonyl (C=O) groups excluding carboxylic acids is 1. The number of aliphatic hydroxyl groups is 1. The third-order valence-electron chi connectivity index (χ3n) is 4.96. The van der Waals surface area contributed by atoms with Crippen LogP contribution in [0.2, 0.25) is 0 Å². The Kier molecular flexibility index (Phi) is 5.15. The lowest BCUT2D eigenvalue weighted by Crippen LogP contribution is -2.47. The van der Waals surface area contributed by atoms with Gasteiger partial charge in [-0.25, -0.2) is 8.42 Å². The van der Waals surface area contributed by atoms with E-state index in [2.05, 4.69) is 4.90 Å². The number of piperazine rings is 1. The molecule has 1 N–H and O–H groups in total. The number of amides is 1. The lowest BCUT2D eigenvalue weighted by Gasteiger charge is -2.32. The summed E-state index contributed by atoms with van der Waals surface area (Å²) in [7, 11) is -1.49. The molecule has 1 saturated heterocycles. The van der Waals surface area contributed by atoms with Crippen LogP contribution in [0.5, 0.6) is 0 Å². The number of carbonyl (C=O) groups is 1. The van der Waals surface area contributed by atoms with E-state index >= 15 is 0 Å². The van der Waals surface area contributed by atoms with Crippen molar-refractivity contribution in [1.82, 2.24) is 14.1 Å². The largest absolute Gasteiger partial charge is 0.384 e. The van der Waals surface area contributed by atoms with E-state index in [9.17, 15) is 18.3 Å². The summed E-state index contributed by atoms with van der Waals surface area (Å²) < 4.78 is 27.2. The summed E-state index contributed by atoms with van der Waals surface area (Å²) in [6, 6.07) is 5.16. The van der Waals surface area contributed by atoms with Crippen LogP contribution in [-0.4, -0.2) is 79.4 Å². The monoisotopic (exact) mass is 367 g/mol. The minimum atomic E-state index is -3.48. The van der Waals surface area contributed by atoms with E-state index in [4.69, 9.17) is 0 Å². The van der Waals surface area contributed by atoms with E-state index < -0.39 is 16.1 Å². The van der Waals surface area contributed by atoms with Gasteiger partial charge in [0, 0.05) is 39.3 Å². The van der Waals surface area contributed by atoms with E-state index in [1.54, 1.807) is 27.4 Å². The van der Waals surface area contributed by atoms with Crippen LogP contribution in [0.4, 0.5) is 0 Å². The van der Waals surface area contributed by atoms with Gasteiger partial charge in [-0.15, -0.1) is 0 Å². The van der Waals surface area contributed by atoms with Crippen LogP contribution in [0.25, 0.3) is 0 Å². The van der Waals surface area contributed by atoms with E-state index in [1.165, 1.54) is 6.92 Å². The van der Waals surface area contributed by atoms with Gasteiger partial charge >= 0.3 is 0 Å². The number of benzene rings is 1. The van der Waals surface area contributed by atoms with Crippen LogP contribution >= 0.6 is 0 Å². The molecule has 0 bridgehead atoms. The van der Waals surface area contributed by atoms with Gasteiger partial charge in [0.2, 0.25) is 10.0 Å². The first-order valence-electron chi connectivity index (χ1n) is 8.56. The van der Waals surface area contributed by atoms with Crippen molar-refractivity contribution in [3.05, 3.63) is 29.3 Å². The maximum atomic E-state index is 12.9. The summed E-state index contributed by atoms with van der Waals surface area (Å²) in [5.74, 6) is -0.292. The molecule has 1 atom stereocenters. The van der Waals surface area contributed by atoms with Crippen LogP contribution in [0, 0.1) is 0 Å². The smallest absolute Gasteiger partial charge is 0.251 e. The molecule has 1 aromatic rings. The van der Waals surface area contributed by atoms with E-state index in [1.807, 2.05) is 7.05 Å². The normalized spacial score (nSPS) is 21.0. The Balaban J connectivity index is 1.79. The minimum Gasteiger partial charge on any atom is -0.384 e. The molecule has 0 aromatic heterocycles. The van der Waals surface area contributed by atoms with Crippen molar-refractivity contribution in [2.24, 2.45) is 0 Å². The van der Waals surface area contributed by atoms with Crippen molar-refractivity contribution < 1.29 is 18.3 Å². The first kappa shape index (κ1) is 18.3. The Morgan fingerprint density at radius 2 is 1.80 bits per heavy atom. The van der Waals surface area contributed by atoms with Gasteiger partial charge < -0.3 is 14.9 Å². The first-order chi connectivity index (χ1) is 11.8. The van der Waals surface area contributed by atoms with Gasteiger partial charge in [-0.05, 0) is 43.7 Å². The molecule has 1 aromatic carbocycles. The predicted molar refractivity (Wildman–Crippen MR) is 93.5 cm³/mol. The number of rotatable bonds is 3. The number of aliphatic hydroxyl groups excluding tert-OH is 1. The van der Waals surface area contributed by atoms with Gasteiger partial charge in [0.05, 0.1) is 4.90 Å². The molecule has 1 amide bonds. The highest BCUT2D eigenvalue weighted by Crippen LogP contribution is 2.25. The minimum absolute atomic E-state index is 0.292. The Morgan fingerprint density at radius 3 is 2.44 bits per heavy atom. The van der Waals surface area contributed by atoms with Crippen molar-refractivity contribution in [1.29, 1.82) is 0 Å². The molecule has 2 aliphatic heterocycles. The molecule has 138 valence electrons. The fourth-order valence-corrected chi connectivity index (χ4v) is 4.79. The lowest BCUT2D eigenvalue weighted by molar-refractivity contribution is -0.140. The summed E-state index contributed by atoms with van der Waals surface area (Å²) in [5, 5.41) is 9.46. The standard InChI is InChI=1S/C17H25N3O4S/c1-13(21)17(22)19-6-5-14-11-16(4-3-15(14)12-19)25(23,24)20-9-7-18(2)8-10-20/h3-4,11,13,21H,5-10,12H2,1-2H3. The van der Waals surface area contributed by atoms with Crippen molar-refractivity contribution in [3.8, 4) is 0 Å². The Hall–Kier alpha value is -1.48. The third kappa shape index (κ3) is 3.72. The summed E-state index contributed by atoms with van der Waals surface area (Å²) in [5.41, 5.74) is 1.91. The number of fused-ring (bicyclic) bond motifs is 1. The highest BCUT2D eigenvalue weighted by molar-refractivity contribution is 7.89. The quantitative estimate of drug-likeness (QED) is 0.806. The molecule has 7 nitrogen and oxygen atoms in total. The van der Waals surface area contributed by atoms with Crippen LogP contribution < -0.4 is 0 Å². The fraction of sp³-hybridized carbons (Fsp3) is 0.588. The van der Waals surface area contributed by atoms with Gasteiger partial charge in [-0.3, -0.25) is 4.79 Å². The number of hydrogen-bond acceptors (Lipinski definition) is 5. The third-order valence-corrected chi connectivity index (χ3v) is 6.85. The maximum Gasteiger partial charge on any atom is 0.251 e. The zero-order chi connectivity index (χ0) is 18.2. The fourth-order valence-electron chi connectivity index (χ4n) is 3.32. The molecule has 0 spiro atoms. The topological polar surface area (TPSA) is 81.2 Å². The molecule has 0 aliphatic carbocycles. The molecular weight excluding hydrogens is 342 g/mol. The Morgan fingerprint density at radius 1 is 1.12 bits per heavy atom. The van der Waals surface area contributed by atoms with E-state index in [-0.39, 0.29) is 5.91 Å². The molecule has 3 rings (SSSR count).